The highest BCUT2D eigenvalue weighted by Crippen LogP contribution is 2.45. The Morgan fingerprint density at radius 3 is 2.45 bits per heavy atom. The maximum Gasteiger partial charge on any atom is 0.246 e. The Morgan fingerprint density at radius 2 is 1.72 bits per heavy atom. The van der Waals surface area contributed by atoms with Gasteiger partial charge in [0.05, 0.1) is 11.2 Å². The number of hydrogen-bond donors (Lipinski definition) is 0. The zero-order valence-electron chi connectivity index (χ0n) is 26.4. The van der Waals surface area contributed by atoms with E-state index in [4.69, 9.17) is 0 Å². The maximum absolute atomic E-state index is 14.9. The van der Waals surface area contributed by atoms with E-state index in [-0.39, 0.29) is 0 Å². The van der Waals surface area contributed by atoms with Crippen LogP contribution in [0.1, 0.15) is 23.8 Å². The molecule has 0 bridgehead atoms. The van der Waals surface area contributed by atoms with Crippen LogP contribution in [0.25, 0.3) is 44.4 Å². The second kappa shape index (κ2) is 12.7. The van der Waals surface area contributed by atoms with Crippen molar-refractivity contribution in [3.8, 4) is 39.6 Å². The van der Waals surface area contributed by atoms with E-state index in [0.717, 1.165) is 49.4 Å². The normalized spacial score (nSPS) is 17.6. The van der Waals surface area contributed by atoms with Crippen molar-refractivity contribution in [1.29, 1.82) is 5.26 Å². The fourth-order valence-electron chi connectivity index (χ4n) is 6.60. The molecule has 0 spiro atoms. The molecule has 1 saturated heterocycles. The highest BCUT2D eigenvalue weighted by atomic mass is 32.2. The third-order valence-electron chi connectivity index (χ3n) is 9.23. The van der Waals surface area contributed by atoms with Crippen LogP contribution in [0.3, 0.4) is 0 Å². The molecule has 3 heterocycles. The summed E-state index contributed by atoms with van der Waals surface area (Å²) in [4.78, 5) is 5.26. The minimum atomic E-state index is -4.02. The van der Waals surface area contributed by atoms with Crippen LogP contribution in [-0.4, -0.2) is 60.7 Å². The second-order valence-electron chi connectivity index (χ2n) is 12.4. The van der Waals surface area contributed by atoms with Gasteiger partial charge in [-0.3, -0.25) is 4.90 Å². The Kier molecular flexibility index (Phi) is 8.45. The molecule has 0 amide bonds. The number of hydrogen-bond acceptors (Lipinski definition) is 6. The molecular formula is C38H35FN4O2S2. The van der Waals surface area contributed by atoms with Crippen LogP contribution < -0.4 is 0 Å². The van der Waals surface area contributed by atoms with E-state index in [1.165, 1.54) is 39.1 Å². The number of likely N-dealkylation sites (N-methyl/N-ethyl adjacent to an activating group) is 1. The zero-order chi connectivity index (χ0) is 32.7. The van der Waals surface area contributed by atoms with Crippen molar-refractivity contribution in [3.05, 3.63) is 118 Å². The van der Waals surface area contributed by atoms with Gasteiger partial charge in [-0.1, -0.05) is 66.3 Å². The number of fused-ring (bicyclic) bond motifs is 1. The number of nitrogens with zero attached hydrogens (tertiary/aromatic N) is 4. The number of benzene rings is 3. The molecule has 1 fully saturated rings. The van der Waals surface area contributed by atoms with Crippen molar-refractivity contribution in [2.75, 3.05) is 33.2 Å². The zero-order valence-corrected chi connectivity index (χ0v) is 28.0. The summed E-state index contributed by atoms with van der Waals surface area (Å²) in [5.41, 5.74) is 6.79. The average Bonchev–Trinajstić information content (AvgIpc) is 3.68. The first kappa shape index (κ1) is 31.3. The predicted molar refractivity (Wildman–Crippen MR) is 189 cm³/mol. The lowest BCUT2D eigenvalue weighted by molar-refractivity contribution is 0.148. The quantitative estimate of drug-likeness (QED) is 0.177. The topological polar surface area (TPSA) is 69.3 Å². The van der Waals surface area contributed by atoms with Gasteiger partial charge < -0.3 is 4.90 Å². The van der Waals surface area contributed by atoms with E-state index >= 15 is 0 Å². The first-order chi connectivity index (χ1) is 22.7. The highest BCUT2D eigenvalue weighted by Gasteiger charge is 2.33. The molecule has 0 N–H and O–H groups in total. The van der Waals surface area contributed by atoms with Crippen LogP contribution in [0, 0.1) is 17.1 Å². The molecule has 1 aliphatic carbocycles. The number of piperazine rings is 1. The summed E-state index contributed by atoms with van der Waals surface area (Å²) >= 11 is 1.28. The molecule has 9 heteroatoms. The smallest absolute Gasteiger partial charge is 0.246 e. The number of nitriles is 1. The molecule has 0 radical (unpaired) electrons. The fourth-order valence-corrected chi connectivity index (χ4v) is 9.07. The molecule has 6 nitrogen and oxygen atoms in total. The molecule has 1 unspecified atom stereocenters. The Morgan fingerprint density at radius 1 is 0.957 bits per heavy atom. The molecule has 2 aliphatic rings. The fraction of sp³-hybridized carbons (Fsp3) is 0.237. The second-order valence-corrected chi connectivity index (χ2v) is 15.3. The first-order valence-corrected chi connectivity index (χ1v) is 18.1. The molecule has 7 rings (SSSR count). The largest absolute Gasteiger partial charge is 0.304 e. The number of allylic oxidation sites excluding steroid dienone is 3. The third kappa shape index (κ3) is 5.99. The van der Waals surface area contributed by atoms with E-state index in [9.17, 15) is 18.1 Å². The summed E-state index contributed by atoms with van der Waals surface area (Å²) in [6, 6.07) is 24.7. The Hall–Kier alpha value is -4.33. The van der Waals surface area contributed by atoms with Crippen LogP contribution in [0.15, 0.2) is 102 Å². The molecule has 0 saturated carbocycles. The number of halogens is 1. The van der Waals surface area contributed by atoms with Crippen molar-refractivity contribution in [3.63, 3.8) is 0 Å². The van der Waals surface area contributed by atoms with Gasteiger partial charge in [-0.2, -0.15) is 5.26 Å². The van der Waals surface area contributed by atoms with Crippen molar-refractivity contribution >= 4 is 32.3 Å². The predicted octanol–water partition coefficient (Wildman–Crippen LogP) is 7.91. The standard InChI is InChI=1S/C38H35FN4O2S2/c1-26-6-13-32(14-7-26)47(44,45)43-35-15-12-31(39)23-34(35)37(33-16-21-46-36(33)24-40)38(43)30-5-3-4-29(22-30)28-10-8-27(9-11-28)25-42-19-17-41(2)18-20-42/h3-13,15-16,21-23,32H,14,17-20,25H2,1-2H3. The van der Waals surface area contributed by atoms with Crippen LogP contribution >= 0.6 is 11.3 Å². The van der Waals surface area contributed by atoms with E-state index in [0.29, 0.717) is 44.6 Å². The Balaban J connectivity index is 1.38. The average molecular weight is 663 g/mol. The molecule has 3 aromatic carbocycles. The SMILES string of the molecule is CC1=CCC(S(=O)(=O)n2c(-c3cccc(-c4ccc(CN5CCN(C)CC5)cc4)c3)c(-c3ccsc3C#N)c3cc(F)ccc32)C=C1. The first-order valence-electron chi connectivity index (χ1n) is 15.7. The molecule has 2 aromatic heterocycles. The van der Waals surface area contributed by atoms with Crippen LogP contribution in [0.4, 0.5) is 4.39 Å². The lowest BCUT2D eigenvalue weighted by atomic mass is 9.96. The van der Waals surface area contributed by atoms with Gasteiger partial charge in [0.1, 0.15) is 22.0 Å². The molecule has 238 valence electrons. The Bertz CT molecular complexity index is 2180. The van der Waals surface area contributed by atoms with Crippen molar-refractivity contribution in [2.45, 2.75) is 25.1 Å². The summed E-state index contributed by atoms with van der Waals surface area (Å²) in [5.74, 6) is -0.477. The van der Waals surface area contributed by atoms with Gasteiger partial charge in [-0.25, -0.2) is 16.8 Å². The summed E-state index contributed by atoms with van der Waals surface area (Å²) in [6.07, 6.45) is 5.82. The molecular weight excluding hydrogens is 628 g/mol. The Labute approximate surface area is 279 Å². The third-order valence-corrected chi connectivity index (χ3v) is 12.1. The molecule has 1 aliphatic heterocycles. The molecule has 1 atom stereocenters. The minimum Gasteiger partial charge on any atom is -0.304 e. The lowest BCUT2D eigenvalue weighted by Crippen LogP contribution is -2.43. The van der Waals surface area contributed by atoms with Gasteiger partial charge in [0, 0.05) is 54.8 Å². The van der Waals surface area contributed by atoms with Gasteiger partial charge >= 0.3 is 0 Å². The summed E-state index contributed by atoms with van der Waals surface area (Å²) in [7, 11) is -1.86. The van der Waals surface area contributed by atoms with E-state index in [1.54, 1.807) is 6.08 Å². The highest BCUT2D eigenvalue weighted by molar-refractivity contribution is 7.91. The maximum atomic E-state index is 14.9. The number of aromatic nitrogens is 1. The van der Waals surface area contributed by atoms with Gasteiger partial charge in [0.25, 0.3) is 0 Å². The van der Waals surface area contributed by atoms with Gasteiger partial charge in [0.15, 0.2) is 0 Å². The number of thiophene rings is 1. The van der Waals surface area contributed by atoms with E-state index < -0.39 is 21.1 Å². The lowest BCUT2D eigenvalue weighted by Gasteiger charge is -2.32. The molecule has 5 aromatic rings. The summed E-state index contributed by atoms with van der Waals surface area (Å²) < 4.78 is 45.5. The monoisotopic (exact) mass is 662 g/mol. The van der Waals surface area contributed by atoms with Crippen LogP contribution in [0.5, 0.6) is 0 Å². The van der Waals surface area contributed by atoms with Gasteiger partial charge in [-0.15, -0.1) is 11.3 Å². The minimum absolute atomic E-state index is 0.336. The van der Waals surface area contributed by atoms with E-state index in [2.05, 4.69) is 47.2 Å². The number of rotatable bonds is 7. The molecule has 47 heavy (non-hydrogen) atoms. The van der Waals surface area contributed by atoms with Crippen molar-refractivity contribution < 1.29 is 12.8 Å². The van der Waals surface area contributed by atoms with Crippen molar-refractivity contribution in [1.82, 2.24) is 13.8 Å². The van der Waals surface area contributed by atoms with Crippen LogP contribution in [-0.2, 0) is 16.6 Å². The van der Waals surface area contributed by atoms with Gasteiger partial charge in [0.2, 0.25) is 10.0 Å². The van der Waals surface area contributed by atoms with E-state index in [1.807, 2.05) is 54.8 Å². The van der Waals surface area contributed by atoms with Crippen molar-refractivity contribution in [2.24, 2.45) is 0 Å². The van der Waals surface area contributed by atoms with Gasteiger partial charge in [-0.05, 0) is 72.8 Å². The summed E-state index contributed by atoms with van der Waals surface area (Å²) in [5, 5.41) is 11.5. The summed E-state index contributed by atoms with van der Waals surface area (Å²) in [6.45, 7) is 7.09. The van der Waals surface area contributed by atoms with Crippen LogP contribution in [0.2, 0.25) is 0 Å².